The average molecular weight is 580 g/mol. The zero-order valence-corrected chi connectivity index (χ0v) is 25.2. The van der Waals surface area contributed by atoms with Crippen molar-refractivity contribution >= 4 is 17.4 Å². The molecule has 0 aliphatic carbocycles. The number of hydrogen-bond acceptors (Lipinski definition) is 7. The van der Waals surface area contributed by atoms with Crippen LogP contribution in [0.3, 0.4) is 0 Å². The van der Waals surface area contributed by atoms with Gasteiger partial charge < -0.3 is 25.0 Å². The van der Waals surface area contributed by atoms with Crippen LogP contribution in [0.25, 0.3) is 28.2 Å². The number of aliphatic hydroxyl groups excluding tert-OH is 1. The van der Waals surface area contributed by atoms with E-state index in [1.165, 1.54) is 0 Å². The third-order valence-corrected chi connectivity index (χ3v) is 8.08. The molecule has 10 nitrogen and oxygen atoms in total. The van der Waals surface area contributed by atoms with E-state index in [9.17, 15) is 15.0 Å². The number of benzene rings is 2. The molecule has 1 fully saturated rings. The zero-order valence-electron chi connectivity index (χ0n) is 25.2. The predicted molar refractivity (Wildman–Crippen MR) is 166 cm³/mol. The third-order valence-electron chi connectivity index (χ3n) is 8.08. The van der Waals surface area contributed by atoms with Crippen LogP contribution in [0.5, 0.6) is 0 Å². The van der Waals surface area contributed by atoms with Crippen molar-refractivity contribution in [3.63, 3.8) is 0 Å². The van der Waals surface area contributed by atoms with Gasteiger partial charge in [0.05, 0.1) is 17.5 Å². The summed E-state index contributed by atoms with van der Waals surface area (Å²) in [4.78, 5) is 24.4. The van der Waals surface area contributed by atoms with E-state index in [1.54, 1.807) is 29.5 Å². The number of likely N-dealkylation sites (tertiary alicyclic amines) is 1. The minimum atomic E-state index is -1.20. The Labute approximate surface area is 250 Å². The Morgan fingerprint density at radius 1 is 1.12 bits per heavy atom. The molecule has 1 atom stereocenters. The van der Waals surface area contributed by atoms with E-state index in [1.807, 2.05) is 68.1 Å². The highest BCUT2D eigenvalue weighted by Crippen LogP contribution is 2.33. The number of β-amino-alcohol motifs (C(OH)–C–C–N with tert-alkyl or cyclic N) is 1. The van der Waals surface area contributed by atoms with Gasteiger partial charge >= 0.3 is 0 Å². The lowest BCUT2D eigenvalue weighted by Crippen LogP contribution is -2.30. The van der Waals surface area contributed by atoms with Gasteiger partial charge in [0.15, 0.2) is 5.65 Å². The molecule has 0 radical (unpaired) electrons. The van der Waals surface area contributed by atoms with Crippen LogP contribution in [0.2, 0.25) is 0 Å². The van der Waals surface area contributed by atoms with E-state index >= 15 is 0 Å². The van der Waals surface area contributed by atoms with Crippen LogP contribution in [0.15, 0.2) is 60.9 Å². The number of hydrogen-bond donors (Lipinski definition) is 3. The SMILES string of the molecule is Cc1ccc(-c2c(C)nn3c(NCc4cccc(-c5nccn5C)c4)cc(C(C)(C)O)nc23)cc1C(=O)N1CCC(O)C1. The van der Waals surface area contributed by atoms with Gasteiger partial charge in [-0.1, -0.05) is 30.3 Å². The summed E-state index contributed by atoms with van der Waals surface area (Å²) in [5.41, 5.74) is 5.79. The second kappa shape index (κ2) is 10.9. The van der Waals surface area contributed by atoms with E-state index in [0.717, 1.165) is 39.3 Å². The number of aryl methyl sites for hydroxylation is 3. The van der Waals surface area contributed by atoms with E-state index in [2.05, 4.69) is 22.4 Å². The van der Waals surface area contributed by atoms with Crippen LogP contribution >= 0.6 is 0 Å². The molecule has 0 spiro atoms. The molecule has 2 aromatic carbocycles. The molecule has 3 N–H and O–H groups in total. The first-order valence-electron chi connectivity index (χ1n) is 14.5. The summed E-state index contributed by atoms with van der Waals surface area (Å²) in [6.07, 6.45) is 3.81. The summed E-state index contributed by atoms with van der Waals surface area (Å²) < 4.78 is 3.75. The number of nitrogens with zero attached hydrogens (tertiary/aromatic N) is 6. The van der Waals surface area contributed by atoms with Gasteiger partial charge in [0, 0.05) is 61.8 Å². The molecule has 5 aromatic rings. The molecule has 0 bridgehead atoms. The maximum atomic E-state index is 13.4. The van der Waals surface area contributed by atoms with Gasteiger partial charge in [0.2, 0.25) is 0 Å². The maximum absolute atomic E-state index is 13.4. The molecular formula is C33H37N7O3. The fourth-order valence-corrected chi connectivity index (χ4v) is 5.66. The number of aliphatic hydroxyl groups is 2. The molecule has 10 heteroatoms. The van der Waals surface area contributed by atoms with Gasteiger partial charge in [-0.3, -0.25) is 4.79 Å². The number of rotatable bonds is 7. The van der Waals surface area contributed by atoms with E-state index in [0.29, 0.717) is 48.8 Å². The molecule has 0 saturated carbocycles. The second-order valence-corrected chi connectivity index (χ2v) is 11.9. The summed E-state index contributed by atoms with van der Waals surface area (Å²) in [6, 6.07) is 15.8. The highest BCUT2D eigenvalue weighted by Gasteiger charge is 2.28. The fourth-order valence-electron chi connectivity index (χ4n) is 5.66. The second-order valence-electron chi connectivity index (χ2n) is 11.9. The zero-order chi connectivity index (χ0) is 30.5. The van der Waals surface area contributed by atoms with Gasteiger partial charge in [0.1, 0.15) is 17.2 Å². The molecule has 1 aliphatic rings. The first-order chi connectivity index (χ1) is 20.5. The molecule has 43 heavy (non-hydrogen) atoms. The quantitative estimate of drug-likeness (QED) is 0.260. The number of nitrogens with one attached hydrogen (secondary N) is 1. The molecule has 1 saturated heterocycles. The summed E-state index contributed by atoms with van der Waals surface area (Å²) in [5.74, 6) is 1.49. The van der Waals surface area contributed by atoms with Crippen molar-refractivity contribution in [1.29, 1.82) is 0 Å². The number of aromatic nitrogens is 5. The first-order valence-corrected chi connectivity index (χ1v) is 14.5. The van der Waals surface area contributed by atoms with E-state index in [4.69, 9.17) is 10.1 Å². The van der Waals surface area contributed by atoms with Crippen LogP contribution in [0.4, 0.5) is 5.82 Å². The van der Waals surface area contributed by atoms with Crippen LogP contribution < -0.4 is 5.32 Å². The molecule has 222 valence electrons. The normalized spacial score (nSPS) is 15.4. The minimum Gasteiger partial charge on any atom is -0.391 e. The largest absolute Gasteiger partial charge is 0.391 e. The van der Waals surface area contributed by atoms with Crippen molar-refractivity contribution in [3.05, 3.63) is 89.0 Å². The fraction of sp³-hybridized carbons (Fsp3) is 0.333. The summed E-state index contributed by atoms with van der Waals surface area (Å²) >= 11 is 0. The topological polar surface area (TPSA) is 121 Å². The van der Waals surface area contributed by atoms with Gasteiger partial charge in [-0.25, -0.2) is 9.97 Å². The average Bonchev–Trinajstić information content (AvgIpc) is 3.69. The number of anilines is 1. The molecule has 4 heterocycles. The number of carbonyl (C=O) groups excluding carboxylic acids is 1. The first kappa shape index (κ1) is 28.6. The predicted octanol–water partition coefficient (Wildman–Crippen LogP) is 4.46. The van der Waals surface area contributed by atoms with Gasteiger partial charge in [-0.05, 0) is 62.9 Å². The molecule has 6 rings (SSSR count). The van der Waals surface area contributed by atoms with E-state index in [-0.39, 0.29) is 5.91 Å². The molecule has 1 unspecified atom stereocenters. The Hall–Kier alpha value is -4.54. The van der Waals surface area contributed by atoms with Gasteiger partial charge in [-0.2, -0.15) is 9.61 Å². The summed E-state index contributed by atoms with van der Waals surface area (Å²) in [6.45, 7) is 8.66. The molecule has 1 amide bonds. The van der Waals surface area contributed by atoms with Crippen LogP contribution in [-0.2, 0) is 19.2 Å². The highest BCUT2D eigenvalue weighted by atomic mass is 16.3. The van der Waals surface area contributed by atoms with Crippen molar-refractivity contribution in [2.45, 2.75) is 52.4 Å². The number of amides is 1. The maximum Gasteiger partial charge on any atom is 0.254 e. The smallest absolute Gasteiger partial charge is 0.254 e. The monoisotopic (exact) mass is 579 g/mol. The lowest BCUT2D eigenvalue weighted by Gasteiger charge is -2.19. The minimum absolute atomic E-state index is 0.0923. The van der Waals surface area contributed by atoms with Crippen LogP contribution in [0, 0.1) is 13.8 Å². The van der Waals surface area contributed by atoms with Crippen molar-refractivity contribution < 1.29 is 15.0 Å². The Bertz CT molecular complexity index is 1830. The van der Waals surface area contributed by atoms with Crippen molar-refractivity contribution in [2.75, 3.05) is 18.4 Å². The van der Waals surface area contributed by atoms with Crippen molar-refractivity contribution in [3.8, 4) is 22.5 Å². The number of fused-ring (bicyclic) bond motifs is 1. The van der Waals surface area contributed by atoms with Gasteiger partial charge in [0.25, 0.3) is 5.91 Å². The number of carbonyl (C=O) groups is 1. The highest BCUT2D eigenvalue weighted by molar-refractivity contribution is 5.98. The third kappa shape index (κ3) is 5.51. The van der Waals surface area contributed by atoms with Gasteiger partial charge in [-0.15, -0.1) is 0 Å². The Morgan fingerprint density at radius 3 is 2.63 bits per heavy atom. The Morgan fingerprint density at radius 2 is 1.93 bits per heavy atom. The molecule has 3 aromatic heterocycles. The van der Waals surface area contributed by atoms with Crippen LogP contribution in [-0.4, -0.2) is 64.4 Å². The summed E-state index contributed by atoms with van der Waals surface area (Å²) in [5, 5.41) is 29.3. The standard InChI is InChI=1S/C33H37N7O3/c1-20-9-10-23(16-26(20)32(42)39-13-11-25(41)19-39)29-21(2)37-40-28(17-27(33(3,4)43)36-31(29)40)35-18-22-7-6-8-24(15-22)30-34-12-14-38(30)5/h6-10,12,14-17,25,35,41,43H,11,13,18-19H2,1-5H3. The van der Waals surface area contributed by atoms with Crippen LogP contribution in [0.1, 0.15) is 53.1 Å². The molecule has 1 aliphatic heterocycles. The summed E-state index contributed by atoms with van der Waals surface area (Å²) in [7, 11) is 1.97. The Kier molecular flexibility index (Phi) is 7.27. The van der Waals surface area contributed by atoms with E-state index < -0.39 is 11.7 Å². The van der Waals surface area contributed by atoms with Crippen molar-refractivity contribution in [2.24, 2.45) is 7.05 Å². The number of imidazole rings is 1. The lowest BCUT2D eigenvalue weighted by atomic mass is 9.98. The lowest BCUT2D eigenvalue weighted by molar-refractivity contribution is 0.0739. The van der Waals surface area contributed by atoms with Crippen molar-refractivity contribution in [1.82, 2.24) is 29.0 Å². The Balaban J connectivity index is 1.39. The molecular weight excluding hydrogens is 542 g/mol.